The summed E-state index contributed by atoms with van der Waals surface area (Å²) in [7, 11) is -0.807. The highest BCUT2D eigenvalue weighted by atomic mass is 32.2. The van der Waals surface area contributed by atoms with Gasteiger partial charge in [0.15, 0.2) is 0 Å². The Morgan fingerprint density at radius 1 is 1.09 bits per heavy atom. The van der Waals surface area contributed by atoms with Gasteiger partial charge in [-0.1, -0.05) is 0 Å². The molecular weight excluding hydrogens is 320 g/mol. The second kappa shape index (κ2) is 7.18. The zero-order valence-corrected chi connectivity index (χ0v) is 14.4. The SMILES string of the molecule is COc1ccc(OC)c(S(=O)(=O)N2CCCN(C(C)=O)CC2)c1. The number of carbonyl (C=O) groups excluding carboxylic acids is 1. The molecule has 23 heavy (non-hydrogen) atoms. The zero-order valence-electron chi connectivity index (χ0n) is 13.6. The van der Waals surface area contributed by atoms with E-state index < -0.39 is 10.0 Å². The lowest BCUT2D eigenvalue weighted by Gasteiger charge is -2.22. The molecule has 1 heterocycles. The molecule has 1 saturated heterocycles. The molecule has 0 saturated carbocycles. The predicted molar refractivity (Wildman–Crippen MR) is 85.2 cm³/mol. The van der Waals surface area contributed by atoms with Crippen LogP contribution in [0.3, 0.4) is 0 Å². The maximum atomic E-state index is 13.0. The molecule has 1 fully saturated rings. The number of amides is 1. The van der Waals surface area contributed by atoms with Gasteiger partial charge in [-0.15, -0.1) is 0 Å². The third-order valence-corrected chi connectivity index (χ3v) is 5.81. The fourth-order valence-corrected chi connectivity index (χ4v) is 4.21. The summed E-state index contributed by atoms with van der Waals surface area (Å²) in [6.07, 6.45) is 0.602. The van der Waals surface area contributed by atoms with Crippen LogP contribution in [0.2, 0.25) is 0 Å². The monoisotopic (exact) mass is 342 g/mol. The van der Waals surface area contributed by atoms with Crippen molar-refractivity contribution in [3.05, 3.63) is 18.2 Å². The summed E-state index contributed by atoms with van der Waals surface area (Å²) in [5.74, 6) is 0.686. The lowest BCUT2D eigenvalue weighted by molar-refractivity contribution is -0.128. The summed E-state index contributed by atoms with van der Waals surface area (Å²) in [6.45, 7) is 3.08. The molecule has 128 valence electrons. The highest BCUT2D eigenvalue weighted by molar-refractivity contribution is 7.89. The van der Waals surface area contributed by atoms with Crippen LogP contribution in [0.4, 0.5) is 0 Å². The topological polar surface area (TPSA) is 76.2 Å². The summed E-state index contributed by atoms with van der Waals surface area (Å²) >= 11 is 0. The van der Waals surface area contributed by atoms with E-state index in [1.165, 1.54) is 31.5 Å². The van der Waals surface area contributed by atoms with Crippen LogP contribution in [-0.4, -0.2) is 63.9 Å². The van der Waals surface area contributed by atoms with Crippen LogP contribution >= 0.6 is 0 Å². The van der Waals surface area contributed by atoms with Gasteiger partial charge in [-0.25, -0.2) is 8.42 Å². The Morgan fingerprint density at radius 2 is 1.83 bits per heavy atom. The molecule has 0 aliphatic carbocycles. The Hall–Kier alpha value is -1.80. The zero-order chi connectivity index (χ0) is 17.0. The third kappa shape index (κ3) is 3.76. The molecule has 1 aromatic rings. The van der Waals surface area contributed by atoms with E-state index in [0.29, 0.717) is 31.8 Å². The summed E-state index contributed by atoms with van der Waals surface area (Å²) in [5.41, 5.74) is 0. The van der Waals surface area contributed by atoms with Gasteiger partial charge in [0.05, 0.1) is 14.2 Å². The molecule has 0 unspecified atom stereocenters. The number of sulfonamides is 1. The van der Waals surface area contributed by atoms with Crippen molar-refractivity contribution in [2.75, 3.05) is 40.4 Å². The van der Waals surface area contributed by atoms with Crippen LogP contribution in [0.1, 0.15) is 13.3 Å². The van der Waals surface area contributed by atoms with Crippen molar-refractivity contribution in [1.29, 1.82) is 0 Å². The highest BCUT2D eigenvalue weighted by Crippen LogP contribution is 2.31. The fourth-order valence-electron chi connectivity index (χ4n) is 2.57. The molecule has 0 aromatic heterocycles. The number of benzene rings is 1. The van der Waals surface area contributed by atoms with Crippen molar-refractivity contribution in [2.24, 2.45) is 0 Å². The minimum absolute atomic E-state index is 0.0387. The van der Waals surface area contributed by atoms with Crippen LogP contribution in [0.5, 0.6) is 11.5 Å². The molecule has 1 aromatic carbocycles. The van der Waals surface area contributed by atoms with Crippen LogP contribution < -0.4 is 9.47 Å². The van der Waals surface area contributed by atoms with Crippen molar-refractivity contribution in [1.82, 2.24) is 9.21 Å². The lowest BCUT2D eigenvalue weighted by atomic mass is 10.3. The first kappa shape index (κ1) is 17.6. The molecule has 0 N–H and O–H groups in total. The number of hydrogen-bond donors (Lipinski definition) is 0. The van der Waals surface area contributed by atoms with E-state index in [0.717, 1.165) is 0 Å². The normalized spacial score (nSPS) is 16.7. The molecule has 0 atom stereocenters. The molecule has 0 radical (unpaired) electrons. The molecule has 0 bridgehead atoms. The van der Waals surface area contributed by atoms with E-state index in [-0.39, 0.29) is 23.1 Å². The Morgan fingerprint density at radius 3 is 2.43 bits per heavy atom. The maximum Gasteiger partial charge on any atom is 0.246 e. The maximum absolute atomic E-state index is 13.0. The molecule has 1 aliphatic rings. The molecule has 1 amide bonds. The minimum atomic E-state index is -3.72. The van der Waals surface area contributed by atoms with Gasteiger partial charge in [-0.2, -0.15) is 4.31 Å². The minimum Gasteiger partial charge on any atom is -0.497 e. The molecular formula is C15H22N2O5S. The van der Waals surface area contributed by atoms with Gasteiger partial charge < -0.3 is 14.4 Å². The van der Waals surface area contributed by atoms with Gasteiger partial charge in [0.2, 0.25) is 15.9 Å². The van der Waals surface area contributed by atoms with Crippen LogP contribution in [0, 0.1) is 0 Å². The van der Waals surface area contributed by atoms with E-state index in [1.54, 1.807) is 17.0 Å². The van der Waals surface area contributed by atoms with Crippen molar-refractivity contribution in [3.63, 3.8) is 0 Å². The van der Waals surface area contributed by atoms with Crippen molar-refractivity contribution in [2.45, 2.75) is 18.2 Å². The number of methoxy groups -OCH3 is 2. The van der Waals surface area contributed by atoms with Gasteiger partial charge in [0, 0.05) is 39.2 Å². The third-order valence-electron chi connectivity index (χ3n) is 3.89. The lowest BCUT2D eigenvalue weighted by Crippen LogP contribution is -2.36. The van der Waals surface area contributed by atoms with Gasteiger partial charge in [-0.05, 0) is 18.6 Å². The van der Waals surface area contributed by atoms with E-state index >= 15 is 0 Å². The Balaban J connectivity index is 2.32. The standard InChI is InChI=1S/C15H22N2O5S/c1-12(18)16-7-4-8-17(10-9-16)23(19,20)15-11-13(21-2)5-6-14(15)22-3/h5-6,11H,4,7-10H2,1-3H3. The van der Waals surface area contributed by atoms with Crippen molar-refractivity contribution in [3.8, 4) is 11.5 Å². The van der Waals surface area contributed by atoms with E-state index in [1.807, 2.05) is 0 Å². The average molecular weight is 342 g/mol. The smallest absolute Gasteiger partial charge is 0.246 e. The summed E-state index contributed by atoms with van der Waals surface area (Å²) in [5, 5.41) is 0. The van der Waals surface area contributed by atoms with Gasteiger partial charge in [0.1, 0.15) is 16.4 Å². The Labute approximate surface area is 136 Å². The van der Waals surface area contributed by atoms with Gasteiger partial charge in [-0.3, -0.25) is 4.79 Å². The van der Waals surface area contributed by atoms with Gasteiger partial charge in [0.25, 0.3) is 0 Å². The quantitative estimate of drug-likeness (QED) is 0.814. The summed E-state index contributed by atoms with van der Waals surface area (Å²) < 4.78 is 37.6. The molecule has 0 spiro atoms. The van der Waals surface area contributed by atoms with E-state index in [9.17, 15) is 13.2 Å². The van der Waals surface area contributed by atoms with E-state index in [4.69, 9.17) is 9.47 Å². The second-order valence-corrected chi connectivity index (χ2v) is 7.19. The molecule has 1 aliphatic heterocycles. The van der Waals surface area contributed by atoms with Gasteiger partial charge >= 0.3 is 0 Å². The number of ether oxygens (including phenoxy) is 2. The first-order chi connectivity index (χ1) is 10.9. The number of carbonyl (C=O) groups is 1. The molecule has 2 rings (SSSR count). The number of rotatable bonds is 4. The average Bonchev–Trinajstić information content (AvgIpc) is 2.80. The fraction of sp³-hybridized carbons (Fsp3) is 0.533. The number of nitrogens with zero attached hydrogens (tertiary/aromatic N) is 2. The second-order valence-electron chi connectivity index (χ2n) is 5.28. The number of hydrogen-bond acceptors (Lipinski definition) is 5. The first-order valence-corrected chi connectivity index (χ1v) is 8.82. The van der Waals surface area contributed by atoms with Crippen LogP contribution in [0.15, 0.2) is 23.1 Å². The first-order valence-electron chi connectivity index (χ1n) is 7.38. The van der Waals surface area contributed by atoms with E-state index in [2.05, 4.69) is 0 Å². The summed E-state index contributed by atoms with van der Waals surface area (Å²) in [4.78, 5) is 13.2. The van der Waals surface area contributed by atoms with Crippen LogP contribution in [0.25, 0.3) is 0 Å². The Kier molecular flexibility index (Phi) is 5.48. The molecule has 7 nitrogen and oxygen atoms in total. The largest absolute Gasteiger partial charge is 0.497 e. The van der Waals surface area contributed by atoms with Crippen LogP contribution in [-0.2, 0) is 14.8 Å². The highest BCUT2D eigenvalue weighted by Gasteiger charge is 2.30. The van der Waals surface area contributed by atoms with Crippen molar-refractivity contribution >= 4 is 15.9 Å². The van der Waals surface area contributed by atoms with Crippen molar-refractivity contribution < 1.29 is 22.7 Å². The Bertz CT molecular complexity index is 674. The summed E-state index contributed by atoms with van der Waals surface area (Å²) in [6, 6.07) is 4.69. The molecule has 8 heteroatoms. The predicted octanol–water partition coefficient (Wildman–Crippen LogP) is 0.947.